The standard InChI is InChI=1S/C13H15N3O2/c14-11(15-18)13(6-7-13)12(17)16-8-5-9-3-1-2-4-10(9)16/h1-4,18H,5-8H2,(H2,14,15). The van der Waals surface area contributed by atoms with Crippen molar-refractivity contribution < 1.29 is 10.0 Å². The summed E-state index contributed by atoms with van der Waals surface area (Å²) >= 11 is 0. The van der Waals surface area contributed by atoms with Gasteiger partial charge in [0.25, 0.3) is 0 Å². The van der Waals surface area contributed by atoms with Crippen molar-refractivity contribution >= 4 is 17.4 Å². The lowest BCUT2D eigenvalue weighted by Gasteiger charge is -2.22. The second kappa shape index (κ2) is 3.73. The summed E-state index contributed by atoms with van der Waals surface area (Å²) in [6.45, 7) is 0.679. The second-order valence-electron chi connectivity index (χ2n) is 4.90. The van der Waals surface area contributed by atoms with Crippen LogP contribution < -0.4 is 10.6 Å². The molecule has 1 amide bonds. The fourth-order valence-electron chi connectivity index (χ4n) is 2.61. The van der Waals surface area contributed by atoms with Crippen LogP contribution in [-0.2, 0) is 11.2 Å². The van der Waals surface area contributed by atoms with Gasteiger partial charge in [-0.05, 0) is 30.9 Å². The fraction of sp³-hybridized carbons (Fsp3) is 0.385. The topological polar surface area (TPSA) is 78.9 Å². The van der Waals surface area contributed by atoms with Gasteiger partial charge in [-0.25, -0.2) is 0 Å². The van der Waals surface area contributed by atoms with E-state index in [1.807, 2.05) is 24.3 Å². The summed E-state index contributed by atoms with van der Waals surface area (Å²) in [5, 5.41) is 11.8. The molecule has 1 aliphatic carbocycles. The zero-order valence-electron chi connectivity index (χ0n) is 9.97. The molecule has 0 atom stereocenters. The minimum Gasteiger partial charge on any atom is -0.409 e. The highest BCUT2D eigenvalue weighted by atomic mass is 16.4. The summed E-state index contributed by atoms with van der Waals surface area (Å²) in [5.41, 5.74) is 7.04. The van der Waals surface area contributed by atoms with Crippen LogP contribution in [0, 0.1) is 5.41 Å². The molecular formula is C13H15N3O2. The maximum Gasteiger partial charge on any atom is 0.240 e. The number of amides is 1. The Kier molecular flexibility index (Phi) is 2.29. The van der Waals surface area contributed by atoms with Crippen molar-refractivity contribution in [2.45, 2.75) is 19.3 Å². The van der Waals surface area contributed by atoms with Gasteiger partial charge in [-0.2, -0.15) is 0 Å². The Bertz CT molecular complexity index is 535. The first-order chi connectivity index (χ1) is 8.69. The summed E-state index contributed by atoms with van der Waals surface area (Å²) in [4.78, 5) is 14.3. The first kappa shape index (κ1) is 11.1. The van der Waals surface area contributed by atoms with Crippen LogP contribution in [0.25, 0.3) is 0 Å². The molecule has 0 aromatic heterocycles. The fourth-order valence-corrected chi connectivity index (χ4v) is 2.61. The van der Waals surface area contributed by atoms with E-state index in [0.29, 0.717) is 19.4 Å². The number of carbonyl (C=O) groups is 1. The minimum absolute atomic E-state index is 0.0388. The molecule has 0 unspecified atom stereocenters. The predicted molar refractivity (Wildman–Crippen MR) is 67.6 cm³/mol. The van der Waals surface area contributed by atoms with Crippen LogP contribution in [0.2, 0.25) is 0 Å². The average Bonchev–Trinajstić information content (AvgIpc) is 3.11. The Balaban J connectivity index is 1.92. The van der Waals surface area contributed by atoms with E-state index >= 15 is 0 Å². The molecule has 3 N–H and O–H groups in total. The Morgan fingerprint density at radius 3 is 2.78 bits per heavy atom. The quantitative estimate of drug-likeness (QED) is 0.354. The third-order valence-corrected chi connectivity index (χ3v) is 3.89. The molecule has 0 bridgehead atoms. The van der Waals surface area contributed by atoms with Crippen LogP contribution in [0.15, 0.2) is 29.4 Å². The van der Waals surface area contributed by atoms with Crippen molar-refractivity contribution in [3.63, 3.8) is 0 Å². The zero-order valence-corrected chi connectivity index (χ0v) is 9.97. The van der Waals surface area contributed by atoms with Crippen molar-refractivity contribution in [2.75, 3.05) is 11.4 Å². The summed E-state index contributed by atoms with van der Waals surface area (Å²) in [6.07, 6.45) is 2.20. The van der Waals surface area contributed by atoms with Gasteiger partial charge in [0, 0.05) is 12.2 Å². The summed E-state index contributed by atoms with van der Waals surface area (Å²) in [5.74, 6) is -0.000342. The number of amidine groups is 1. The highest BCUT2D eigenvalue weighted by molar-refractivity contribution is 6.15. The van der Waals surface area contributed by atoms with E-state index in [1.165, 1.54) is 5.56 Å². The van der Waals surface area contributed by atoms with Crippen molar-refractivity contribution in [2.24, 2.45) is 16.3 Å². The molecule has 2 aliphatic rings. The molecule has 5 heteroatoms. The molecule has 3 rings (SSSR count). The molecule has 1 saturated carbocycles. The third kappa shape index (κ3) is 1.40. The maximum atomic E-state index is 12.5. The molecule has 1 aliphatic heterocycles. The van der Waals surface area contributed by atoms with Crippen LogP contribution in [0.1, 0.15) is 18.4 Å². The van der Waals surface area contributed by atoms with E-state index in [-0.39, 0.29) is 11.7 Å². The number of anilines is 1. The molecule has 1 aromatic rings. The third-order valence-electron chi connectivity index (χ3n) is 3.89. The van der Waals surface area contributed by atoms with Gasteiger partial charge in [0.05, 0.1) is 0 Å². The molecular weight excluding hydrogens is 230 g/mol. The lowest BCUT2D eigenvalue weighted by molar-refractivity contribution is -0.121. The van der Waals surface area contributed by atoms with Crippen LogP contribution in [-0.4, -0.2) is 23.5 Å². The number of para-hydroxylation sites is 1. The van der Waals surface area contributed by atoms with Gasteiger partial charge in [0.1, 0.15) is 5.41 Å². The van der Waals surface area contributed by atoms with E-state index in [1.54, 1.807) is 4.90 Å². The highest BCUT2D eigenvalue weighted by Gasteiger charge is 2.56. The number of oxime groups is 1. The van der Waals surface area contributed by atoms with Gasteiger partial charge in [0.15, 0.2) is 5.84 Å². The number of hydrogen-bond acceptors (Lipinski definition) is 3. The van der Waals surface area contributed by atoms with Crippen molar-refractivity contribution in [3.05, 3.63) is 29.8 Å². The smallest absolute Gasteiger partial charge is 0.240 e. The van der Waals surface area contributed by atoms with Gasteiger partial charge in [-0.15, -0.1) is 0 Å². The highest BCUT2D eigenvalue weighted by Crippen LogP contribution is 2.49. The summed E-state index contributed by atoms with van der Waals surface area (Å²) < 4.78 is 0. The van der Waals surface area contributed by atoms with Gasteiger partial charge in [0.2, 0.25) is 5.91 Å². The van der Waals surface area contributed by atoms with Gasteiger partial charge < -0.3 is 15.8 Å². The van der Waals surface area contributed by atoms with E-state index in [0.717, 1.165) is 12.1 Å². The molecule has 0 saturated heterocycles. The number of nitrogens with zero attached hydrogens (tertiary/aromatic N) is 2. The number of rotatable bonds is 2. The first-order valence-corrected chi connectivity index (χ1v) is 6.07. The van der Waals surface area contributed by atoms with E-state index < -0.39 is 5.41 Å². The van der Waals surface area contributed by atoms with Crippen LogP contribution in [0.4, 0.5) is 5.69 Å². The number of fused-ring (bicyclic) bond motifs is 1. The number of nitrogens with two attached hydrogens (primary N) is 1. The molecule has 1 heterocycles. The van der Waals surface area contributed by atoms with Gasteiger partial charge in [-0.1, -0.05) is 23.4 Å². The Morgan fingerprint density at radius 2 is 2.11 bits per heavy atom. The molecule has 94 valence electrons. The molecule has 1 fully saturated rings. The normalized spacial score (nSPS) is 20.7. The second-order valence-corrected chi connectivity index (χ2v) is 4.90. The van der Waals surface area contributed by atoms with E-state index in [2.05, 4.69) is 5.16 Å². The summed E-state index contributed by atoms with van der Waals surface area (Å²) in [7, 11) is 0. The SMILES string of the molecule is N/C(=N/O)C1(C(=O)N2CCc3ccccc32)CC1. The van der Waals surface area contributed by atoms with Crippen molar-refractivity contribution in [1.82, 2.24) is 0 Å². The average molecular weight is 245 g/mol. The Hall–Kier alpha value is -2.04. The minimum atomic E-state index is -0.758. The Morgan fingerprint density at radius 1 is 1.39 bits per heavy atom. The number of benzene rings is 1. The molecule has 0 spiro atoms. The predicted octanol–water partition coefficient (Wildman–Crippen LogP) is 1.10. The Labute approximate surface area is 105 Å². The number of hydrogen-bond donors (Lipinski definition) is 2. The first-order valence-electron chi connectivity index (χ1n) is 6.07. The molecule has 18 heavy (non-hydrogen) atoms. The summed E-state index contributed by atoms with van der Waals surface area (Å²) in [6, 6.07) is 7.88. The van der Waals surface area contributed by atoms with Crippen LogP contribution in [0.3, 0.4) is 0 Å². The zero-order chi connectivity index (χ0) is 12.8. The van der Waals surface area contributed by atoms with Crippen LogP contribution >= 0.6 is 0 Å². The largest absolute Gasteiger partial charge is 0.409 e. The van der Waals surface area contributed by atoms with Crippen molar-refractivity contribution in [1.29, 1.82) is 0 Å². The van der Waals surface area contributed by atoms with Gasteiger partial charge in [-0.3, -0.25) is 4.79 Å². The van der Waals surface area contributed by atoms with Crippen molar-refractivity contribution in [3.8, 4) is 0 Å². The van der Waals surface area contributed by atoms with Crippen LogP contribution in [0.5, 0.6) is 0 Å². The maximum absolute atomic E-state index is 12.5. The van der Waals surface area contributed by atoms with E-state index in [9.17, 15) is 4.79 Å². The van der Waals surface area contributed by atoms with Gasteiger partial charge >= 0.3 is 0 Å². The lowest BCUT2D eigenvalue weighted by Crippen LogP contribution is -2.43. The lowest BCUT2D eigenvalue weighted by atomic mass is 10.0. The molecule has 5 nitrogen and oxygen atoms in total. The van der Waals surface area contributed by atoms with E-state index in [4.69, 9.17) is 10.9 Å². The monoisotopic (exact) mass is 245 g/mol. The molecule has 0 radical (unpaired) electrons. The number of carbonyl (C=O) groups excluding carboxylic acids is 1. The molecule has 1 aromatic carbocycles.